The van der Waals surface area contributed by atoms with E-state index in [0.29, 0.717) is 18.6 Å². The first-order valence-corrected chi connectivity index (χ1v) is 9.55. The molecule has 0 aliphatic carbocycles. The lowest BCUT2D eigenvalue weighted by atomic mass is 9.81. The summed E-state index contributed by atoms with van der Waals surface area (Å²) in [4.78, 5) is 14.5. The fourth-order valence-corrected chi connectivity index (χ4v) is 4.25. The highest BCUT2D eigenvalue weighted by Gasteiger charge is 2.49. The summed E-state index contributed by atoms with van der Waals surface area (Å²) in [6.45, 7) is 6.03. The van der Waals surface area contributed by atoms with E-state index in [1.807, 2.05) is 51.1 Å². The van der Waals surface area contributed by atoms with Crippen LogP contribution in [0.25, 0.3) is 0 Å². The van der Waals surface area contributed by atoms with Crippen LogP contribution in [0.4, 0.5) is 36.8 Å². The number of likely N-dealkylation sites (tertiary alicyclic amines) is 1. The van der Waals surface area contributed by atoms with E-state index in [4.69, 9.17) is 0 Å². The van der Waals surface area contributed by atoms with E-state index < -0.39 is 40.7 Å². The van der Waals surface area contributed by atoms with Crippen LogP contribution in [0.15, 0.2) is 48.5 Å². The molecule has 0 aromatic heterocycles. The number of hydrogen-bond acceptors (Lipinski definition) is 1. The number of carbonyl (C=O) groups is 1. The summed E-state index contributed by atoms with van der Waals surface area (Å²) in [6, 6.07) is 9.41. The molecule has 1 N–H and O–H groups in total. The van der Waals surface area contributed by atoms with Gasteiger partial charge in [-0.3, -0.25) is 0 Å². The smallest absolute Gasteiger partial charge is 0.315 e. The van der Waals surface area contributed by atoms with E-state index in [0.717, 1.165) is 5.56 Å². The van der Waals surface area contributed by atoms with E-state index in [1.54, 1.807) is 0 Å². The topological polar surface area (TPSA) is 32.3 Å². The molecule has 1 heterocycles. The van der Waals surface area contributed by atoms with Gasteiger partial charge in [-0.15, -0.1) is 0 Å². The summed E-state index contributed by atoms with van der Waals surface area (Å²) in [7, 11) is 0. The highest BCUT2D eigenvalue weighted by molar-refractivity contribution is 5.90. The predicted octanol–water partition coefficient (Wildman–Crippen LogP) is 6.90. The van der Waals surface area contributed by atoms with Crippen molar-refractivity contribution in [1.82, 2.24) is 4.90 Å². The van der Waals surface area contributed by atoms with E-state index in [-0.39, 0.29) is 18.0 Å². The van der Waals surface area contributed by atoms with Gasteiger partial charge < -0.3 is 10.2 Å². The third-order valence-corrected chi connectivity index (χ3v) is 5.48. The van der Waals surface area contributed by atoms with Crippen LogP contribution < -0.4 is 5.32 Å². The number of nitrogens with one attached hydrogen (secondary N) is 1. The van der Waals surface area contributed by atoms with Crippen LogP contribution in [0.3, 0.4) is 0 Å². The lowest BCUT2D eigenvalue weighted by Gasteiger charge is -2.36. The monoisotopic (exact) mass is 444 g/mol. The molecule has 1 unspecified atom stereocenters. The second-order valence-corrected chi connectivity index (χ2v) is 8.79. The average Bonchev–Trinajstić information content (AvgIpc) is 2.91. The van der Waals surface area contributed by atoms with Gasteiger partial charge in [0.2, 0.25) is 0 Å². The van der Waals surface area contributed by atoms with E-state index in [1.165, 1.54) is 4.90 Å². The largest absolute Gasteiger partial charge is 0.416 e. The maximum absolute atomic E-state index is 13.1. The Labute approximate surface area is 176 Å². The Kier molecular flexibility index (Phi) is 5.52. The number of urea groups is 1. The van der Waals surface area contributed by atoms with Gasteiger partial charge in [0.25, 0.3) is 0 Å². The predicted molar refractivity (Wildman–Crippen MR) is 104 cm³/mol. The van der Waals surface area contributed by atoms with E-state index >= 15 is 0 Å². The molecule has 0 bridgehead atoms. The molecule has 2 aromatic carbocycles. The number of amides is 2. The van der Waals surface area contributed by atoms with Crippen molar-refractivity contribution < 1.29 is 31.1 Å². The molecule has 1 aliphatic rings. The highest BCUT2D eigenvalue weighted by atomic mass is 19.4. The van der Waals surface area contributed by atoms with Crippen molar-refractivity contribution in [2.24, 2.45) is 5.41 Å². The first kappa shape index (κ1) is 23.0. The Bertz CT molecular complexity index is 936. The molecule has 1 aliphatic heterocycles. The van der Waals surface area contributed by atoms with Crippen molar-refractivity contribution in [1.29, 1.82) is 0 Å². The van der Waals surface area contributed by atoms with Crippen LogP contribution in [-0.2, 0) is 17.9 Å². The van der Waals surface area contributed by atoms with Gasteiger partial charge in [0, 0.05) is 12.2 Å². The van der Waals surface area contributed by atoms with Crippen molar-refractivity contribution in [2.75, 3.05) is 11.9 Å². The van der Waals surface area contributed by atoms with Gasteiger partial charge in [0.1, 0.15) is 0 Å². The number of carbonyl (C=O) groups excluding carboxylic acids is 1. The molecule has 2 aromatic rings. The van der Waals surface area contributed by atoms with Gasteiger partial charge in [-0.05, 0) is 42.5 Å². The number of anilines is 1. The third kappa shape index (κ3) is 4.80. The second-order valence-electron chi connectivity index (χ2n) is 8.79. The van der Waals surface area contributed by atoms with E-state index in [2.05, 4.69) is 5.32 Å². The third-order valence-electron chi connectivity index (χ3n) is 5.48. The molecule has 31 heavy (non-hydrogen) atoms. The molecule has 3 nitrogen and oxygen atoms in total. The molecule has 0 saturated carbocycles. The normalized spacial score (nSPS) is 21.3. The molecule has 1 saturated heterocycles. The zero-order valence-corrected chi connectivity index (χ0v) is 17.2. The number of hydrogen-bond donors (Lipinski definition) is 1. The fraction of sp³-hybridized carbons (Fsp3) is 0.409. The first-order chi connectivity index (χ1) is 14.1. The number of alkyl halides is 6. The number of halogens is 6. The summed E-state index contributed by atoms with van der Waals surface area (Å²) >= 11 is 0. The Morgan fingerprint density at radius 3 is 1.90 bits per heavy atom. The van der Waals surface area contributed by atoms with Crippen LogP contribution in [0.1, 0.15) is 43.9 Å². The standard InChI is InChI=1S/C22H22F6N2O/c1-19(2)12-20(3,14-7-5-4-6-8-14)30(13-19)18(31)29-17-10-15(21(23,24)25)9-16(11-17)22(26,27)28/h4-11H,12-13H2,1-3H3,(H,29,31). The number of rotatable bonds is 2. The zero-order chi connectivity index (χ0) is 23.2. The Hall–Kier alpha value is -2.71. The maximum Gasteiger partial charge on any atom is 0.416 e. The van der Waals surface area contributed by atoms with Crippen LogP contribution in [0, 0.1) is 5.41 Å². The van der Waals surface area contributed by atoms with Crippen LogP contribution in [0.5, 0.6) is 0 Å². The molecule has 0 radical (unpaired) electrons. The number of benzene rings is 2. The van der Waals surface area contributed by atoms with Crippen molar-refractivity contribution in [2.45, 2.75) is 45.1 Å². The van der Waals surface area contributed by atoms with E-state index in [9.17, 15) is 31.1 Å². The minimum Gasteiger partial charge on any atom is -0.315 e. The minimum atomic E-state index is -4.99. The van der Waals surface area contributed by atoms with Gasteiger partial charge in [-0.2, -0.15) is 26.3 Å². The van der Waals surface area contributed by atoms with Crippen LogP contribution >= 0.6 is 0 Å². The molecule has 1 fully saturated rings. The van der Waals surface area contributed by atoms with Crippen molar-refractivity contribution in [3.63, 3.8) is 0 Å². The molecule has 0 spiro atoms. The number of nitrogens with zero attached hydrogens (tertiary/aromatic N) is 1. The second kappa shape index (κ2) is 7.46. The Balaban J connectivity index is 1.98. The van der Waals surface area contributed by atoms with Gasteiger partial charge in [0.05, 0.1) is 16.7 Å². The molecule has 168 valence electrons. The molecule has 3 rings (SSSR count). The molecule has 2 amide bonds. The Morgan fingerprint density at radius 2 is 1.42 bits per heavy atom. The summed E-state index contributed by atoms with van der Waals surface area (Å²) in [5.74, 6) is 0. The van der Waals surface area contributed by atoms with Crippen LogP contribution in [0.2, 0.25) is 0 Å². The molecular formula is C22H22F6N2O. The molecule has 9 heteroatoms. The average molecular weight is 444 g/mol. The SMILES string of the molecule is CC1(C)CN(C(=O)Nc2cc(C(F)(F)F)cc(C(F)(F)F)c2)C(C)(c2ccccc2)C1. The van der Waals surface area contributed by atoms with Crippen molar-refractivity contribution in [3.8, 4) is 0 Å². The van der Waals surface area contributed by atoms with Gasteiger partial charge in [-0.1, -0.05) is 44.2 Å². The highest BCUT2D eigenvalue weighted by Crippen LogP contribution is 2.47. The maximum atomic E-state index is 13.1. The zero-order valence-electron chi connectivity index (χ0n) is 17.2. The summed E-state index contributed by atoms with van der Waals surface area (Å²) in [5, 5.41) is 2.26. The summed E-state index contributed by atoms with van der Waals surface area (Å²) in [5.41, 5.74) is -3.77. The minimum absolute atomic E-state index is 0.0305. The Morgan fingerprint density at radius 1 is 0.903 bits per heavy atom. The fourth-order valence-electron chi connectivity index (χ4n) is 4.25. The van der Waals surface area contributed by atoms with Crippen molar-refractivity contribution in [3.05, 3.63) is 65.2 Å². The lowest BCUT2D eigenvalue weighted by molar-refractivity contribution is -0.143. The van der Waals surface area contributed by atoms with Gasteiger partial charge in [-0.25, -0.2) is 4.79 Å². The van der Waals surface area contributed by atoms with Gasteiger partial charge in [0.15, 0.2) is 0 Å². The first-order valence-electron chi connectivity index (χ1n) is 9.55. The molecular weight excluding hydrogens is 422 g/mol. The summed E-state index contributed by atoms with van der Waals surface area (Å²) < 4.78 is 78.8. The summed E-state index contributed by atoms with van der Waals surface area (Å²) in [6.07, 6.45) is -9.41. The quantitative estimate of drug-likeness (QED) is 0.502. The van der Waals surface area contributed by atoms with Gasteiger partial charge >= 0.3 is 18.4 Å². The molecule has 1 atom stereocenters. The van der Waals surface area contributed by atoms with Crippen molar-refractivity contribution >= 4 is 11.7 Å². The van der Waals surface area contributed by atoms with Crippen LogP contribution in [-0.4, -0.2) is 17.5 Å². The lowest BCUT2D eigenvalue weighted by Crippen LogP contribution is -2.45.